The fourth-order valence-electron chi connectivity index (χ4n) is 2.25. The van der Waals surface area contributed by atoms with Gasteiger partial charge in [0.05, 0.1) is 19.2 Å². The van der Waals surface area contributed by atoms with Gasteiger partial charge in [0, 0.05) is 23.2 Å². The first-order valence-electron chi connectivity index (χ1n) is 6.68. The Labute approximate surface area is 128 Å². The van der Waals surface area contributed by atoms with Gasteiger partial charge in [-0.2, -0.15) is 0 Å². The summed E-state index contributed by atoms with van der Waals surface area (Å²) in [6.45, 7) is 0. The van der Waals surface area contributed by atoms with Gasteiger partial charge in [0.15, 0.2) is 17.3 Å². The van der Waals surface area contributed by atoms with Crippen LogP contribution in [0.3, 0.4) is 0 Å². The van der Waals surface area contributed by atoms with E-state index in [1.807, 2.05) is 6.07 Å². The van der Waals surface area contributed by atoms with Crippen molar-refractivity contribution in [1.82, 2.24) is 9.97 Å². The van der Waals surface area contributed by atoms with E-state index in [1.165, 1.54) is 0 Å². The van der Waals surface area contributed by atoms with Gasteiger partial charge in [-0.3, -0.25) is 0 Å². The molecule has 1 heterocycles. The normalized spacial score (nSPS) is 14.0. The van der Waals surface area contributed by atoms with Crippen molar-refractivity contribution in [3.05, 3.63) is 28.9 Å². The Morgan fingerprint density at radius 2 is 1.90 bits per heavy atom. The Hall–Kier alpha value is -2.01. The molecule has 0 aliphatic heterocycles. The predicted molar refractivity (Wildman–Crippen MR) is 82.0 cm³/mol. The molecule has 2 N–H and O–H groups in total. The highest BCUT2D eigenvalue weighted by atomic mass is 35.5. The standard InChI is InChI=1S/C15H16ClN3O2/c1-20-12-6-9(5-10(16)14(12)21-2)15-18-11(8-3-4-8)7-13(17)19-15/h5-8H,3-4H2,1-2H3,(H2,17,18,19). The number of nitrogens with zero attached hydrogens (tertiary/aromatic N) is 2. The molecule has 0 atom stereocenters. The summed E-state index contributed by atoms with van der Waals surface area (Å²) in [6.07, 6.45) is 2.31. The number of halogens is 1. The lowest BCUT2D eigenvalue weighted by Crippen LogP contribution is -2.00. The summed E-state index contributed by atoms with van der Waals surface area (Å²) in [5.41, 5.74) is 7.63. The third kappa shape index (κ3) is 2.74. The van der Waals surface area contributed by atoms with Crippen molar-refractivity contribution in [2.24, 2.45) is 0 Å². The van der Waals surface area contributed by atoms with Crippen molar-refractivity contribution in [1.29, 1.82) is 0 Å². The number of hydrogen-bond acceptors (Lipinski definition) is 5. The first-order chi connectivity index (χ1) is 10.1. The molecule has 0 unspecified atom stereocenters. The van der Waals surface area contributed by atoms with E-state index in [-0.39, 0.29) is 0 Å². The molecule has 6 heteroatoms. The number of benzene rings is 1. The van der Waals surface area contributed by atoms with Gasteiger partial charge in [0.2, 0.25) is 0 Å². The van der Waals surface area contributed by atoms with E-state index < -0.39 is 0 Å². The minimum absolute atomic E-state index is 0.450. The third-order valence-electron chi connectivity index (χ3n) is 3.45. The average Bonchev–Trinajstić information content (AvgIpc) is 3.30. The highest BCUT2D eigenvalue weighted by Crippen LogP contribution is 2.41. The van der Waals surface area contributed by atoms with Crippen LogP contribution in [0.1, 0.15) is 24.5 Å². The zero-order valence-corrected chi connectivity index (χ0v) is 12.6. The molecule has 1 fully saturated rings. The van der Waals surface area contributed by atoms with Crippen molar-refractivity contribution in [2.75, 3.05) is 20.0 Å². The Bertz CT molecular complexity index is 687. The van der Waals surface area contributed by atoms with Crippen LogP contribution < -0.4 is 15.2 Å². The second-order valence-electron chi connectivity index (χ2n) is 5.01. The lowest BCUT2D eigenvalue weighted by molar-refractivity contribution is 0.355. The summed E-state index contributed by atoms with van der Waals surface area (Å²) in [5.74, 6) is 2.56. The van der Waals surface area contributed by atoms with E-state index >= 15 is 0 Å². The van der Waals surface area contributed by atoms with Crippen LogP contribution in [-0.2, 0) is 0 Å². The topological polar surface area (TPSA) is 70.3 Å². The molecule has 3 rings (SSSR count). The van der Waals surface area contributed by atoms with Crippen LogP contribution in [0.4, 0.5) is 5.82 Å². The van der Waals surface area contributed by atoms with Gasteiger partial charge in [-0.1, -0.05) is 11.6 Å². The monoisotopic (exact) mass is 305 g/mol. The molecular weight excluding hydrogens is 290 g/mol. The van der Waals surface area contributed by atoms with E-state index in [1.54, 1.807) is 26.4 Å². The Balaban J connectivity index is 2.09. The highest BCUT2D eigenvalue weighted by molar-refractivity contribution is 6.32. The Morgan fingerprint density at radius 3 is 2.52 bits per heavy atom. The molecule has 0 bridgehead atoms. The minimum atomic E-state index is 0.450. The summed E-state index contributed by atoms with van der Waals surface area (Å²) in [5, 5.41) is 0.450. The number of rotatable bonds is 4. The molecular formula is C15H16ClN3O2. The molecule has 21 heavy (non-hydrogen) atoms. The molecule has 1 aromatic carbocycles. The van der Waals surface area contributed by atoms with Gasteiger partial charge < -0.3 is 15.2 Å². The second kappa shape index (κ2) is 5.41. The number of ether oxygens (including phenoxy) is 2. The lowest BCUT2D eigenvalue weighted by Gasteiger charge is -2.12. The fourth-order valence-corrected chi connectivity index (χ4v) is 2.54. The van der Waals surface area contributed by atoms with Crippen LogP contribution in [0.5, 0.6) is 11.5 Å². The van der Waals surface area contributed by atoms with Crippen molar-refractivity contribution in [3.63, 3.8) is 0 Å². The van der Waals surface area contributed by atoms with Crippen molar-refractivity contribution in [2.45, 2.75) is 18.8 Å². The lowest BCUT2D eigenvalue weighted by atomic mass is 10.1. The fraction of sp³-hybridized carbons (Fsp3) is 0.333. The van der Waals surface area contributed by atoms with Gasteiger partial charge in [-0.25, -0.2) is 9.97 Å². The molecule has 5 nitrogen and oxygen atoms in total. The van der Waals surface area contributed by atoms with E-state index in [4.69, 9.17) is 26.8 Å². The van der Waals surface area contributed by atoms with Gasteiger partial charge in [-0.05, 0) is 25.0 Å². The SMILES string of the molecule is COc1cc(-c2nc(N)cc(C3CC3)n2)cc(Cl)c1OC. The average molecular weight is 306 g/mol. The minimum Gasteiger partial charge on any atom is -0.493 e. The summed E-state index contributed by atoms with van der Waals surface area (Å²) >= 11 is 6.23. The zero-order chi connectivity index (χ0) is 15.0. The maximum absolute atomic E-state index is 6.23. The molecule has 1 aromatic heterocycles. The second-order valence-corrected chi connectivity index (χ2v) is 5.42. The predicted octanol–water partition coefficient (Wildman–Crippen LogP) is 3.27. The summed E-state index contributed by atoms with van der Waals surface area (Å²) in [6, 6.07) is 5.40. The molecule has 0 amide bonds. The number of aromatic nitrogens is 2. The number of hydrogen-bond donors (Lipinski definition) is 1. The molecule has 110 valence electrons. The smallest absolute Gasteiger partial charge is 0.179 e. The number of anilines is 1. The number of nitrogen functional groups attached to an aromatic ring is 1. The largest absolute Gasteiger partial charge is 0.493 e. The van der Waals surface area contributed by atoms with Gasteiger partial charge in [-0.15, -0.1) is 0 Å². The quantitative estimate of drug-likeness (QED) is 0.938. The van der Waals surface area contributed by atoms with E-state index in [2.05, 4.69) is 9.97 Å². The first-order valence-corrected chi connectivity index (χ1v) is 7.06. The Kier molecular flexibility index (Phi) is 3.59. The molecule has 0 spiro atoms. The van der Waals surface area contributed by atoms with Gasteiger partial charge in [0.1, 0.15) is 5.82 Å². The maximum Gasteiger partial charge on any atom is 0.179 e. The van der Waals surface area contributed by atoms with Crippen molar-refractivity contribution >= 4 is 17.4 Å². The van der Waals surface area contributed by atoms with Crippen LogP contribution in [0.25, 0.3) is 11.4 Å². The van der Waals surface area contributed by atoms with Crippen LogP contribution >= 0.6 is 11.6 Å². The van der Waals surface area contributed by atoms with Crippen LogP contribution in [0, 0.1) is 0 Å². The number of nitrogens with two attached hydrogens (primary N) is 1. The van der Waals surface area contributed by atoms with Crippen LogP contribution in [-0.4, -0.2) is 24.2 Å². The van der Waals surface area contributed by atoms with Crippen molar-refractivity contribution < 1.29 is 9.47 Å². The van der Waals surface area contributed by atoms with E-state index in [0.29, 0.717) is 34.1 Å². The highest BCUT2D eigenvalue weighted by Gasteiger charge is 2.26. The molecule has 1 saturated carbocycles. The maximum atomic E-state index is 6.23. The van der Waals surface area contributed by atoms with E-state index in [0.717, 1.165) is 24.1 Å². The van der Waals surface area contributed by atoms with Crippen molar-refractivity contribution in [3.8, 4) is 22.9 Å². The molecule has 1 aliphatic carbocycles. The Morgan fingerprint density at radius 1 is 1.14 bits per heavy atom. The molecule has 1 aliphatic rings. The molecule has 0 radical (unpaired) electrons. The molecule has 0 saturated heterocycles. The zero-order valence-electron chi connectivity index (χ0n) is 11.9. The first kappa shape index (κ1) is 13.9. The van der Waals surface area contributed by atoms with E-state index in [9.17, 15) is 0 Å². The van der Waals surface area contributed by atoms with Gasteiger partial charge >= 0.3 is 0 Å². The van der Waals surface area contributed by atoms with Crippen LogP contribution in [0.15, 0.2) is 18.2 Å². The summed E-state index contributed by atoms with van der Waals surface area (Å²) < 4.78 is 10.5. The summed E-state index contributed by atoms with van der Waals surface area (Å²) in [4.78, 5) is 8.89. The summed E-state index contributed by atoms with van der Waals surface area (Å²) in [7, 11) is 3.11. The van der Waals surface area contributed by atoms with Gasteiger partial charge in [0.25, 0.3) is 0 Å². The molecule has 2 aromatic rings. The van der Waals surface area contributed by atoms with Crippen LogP contribution in [0.2, 0.25) is 5.02 Å². The number of methoxy groups -OCH3 is 2. The third-order valence-corrected chi connectivity index (χ3v) is 3.73.